The van der Waals surface area contributed by atoms with Crippen LogP contribution in [0, 0.1) is 5.41 Å². The molecule has 1 aromatic rings. The highest BCUT2D eigenvalue weighted by Gasteiger charge is 2.25. The molecule has 3 nitrogen and oxygen atoms in total. The van der Waals surface area contributed by atoms with Crippen LogP contribution in [0.25, 0.3) is 0 Å². The number of nitrogens with zero attached hydrogens (tertiary/aromatic N) is 2. The molecular weight excluding hydrogens is 212 g/mol. The summed E-state index contributed by atoms with van der Waals surface area (Å²) in [5.41, 5.74) is 0.925. The van der Waals surface area contributed by atoms with Gasteiger partial charge in [-0.15, -0.1) is 0 Å². The van der Waals surface area contributed by atoms with Gasteiger partial charge in [0.25, 0.3) is 0 Å². The van der Waals surface area contributed by atoms with Crippen LogP contribution in [-0.4, -0.2) is 28.9 Å². The second-order valence-corrected chi connectivity index (χ2v) is 5.24. The van der Waals surface area contributed by atoms with E-state index in [1.807, 2.05) is 44.7 Å². The van der Waals surface area contributed by atoms with Crippen LogP contribution in [0.5, 0.6) is 0 Å². The lowest BCUT2D eigenvalue weighted by Gasteiger charge is -2.28. The maximum Gasteiger partial charge on any atom is 0.227 e. The molecule has 1 rings (SSSR count). The minimum atomic E-state index is -0.297. The molecule has 1 aromatic heterocycles. The van der Waals surface area contributed by atoms with Gasteiger partial charge in [-0.2, -0.15) is 0 Å². The third-order valence-corrected chi connectivity index (χ3v) is 2.73. The predicted octanol–water partition coefficient (Wildman–Crippen LogP) is 2.52. The molecule has 3 heteroatoms. The molecule has 0 aliphatic rings. The van der Waals surface area contributed by atoms with E-state index in [0.29, 0.717) is 0 Å². The van der Waals surface area contributed by atoms with Crippen molar-refractivity contribution in [1.29, 1.82) is 0 Å². The lowest BCUT2D eigenvalue weighted by atomic mass is 9.94. The summed E-state index contributed by atoms with van der Waals surface area (Å²) < 4.78 is 0. The largest absolute Gasteiger partial charge is 0.342 e. The number of pyridine rings is 1. The van der Waals surface area contributed by atoms with Gasteiger partial charge in [0.2, 0.25) is 5.91 Å². The molecule has 0 bridgehead atoms. The van der Waals surface area contributed by atoms with E-state index in [4.69, 9.17) is 0 Å². The normalized spacial score (nSPS) is 11.3. The number of carbonyl (C=O) groups excluding carboxylic acids is 1. The molecule has 94 valence electrons. The van der Waals surface area contributed by atoms with Crippen LogP contribution >= 0.6 is 0 Å². The maximum atomic E-state index is 12.1. The monoisotopic (exact) mass is 234 g/mol. The molecule has 0 aromatic carbocycles. The predicted molar refractivity (Wildman–Crippen MR) is 69.7 cm³/mol. The van der Waals surface area contributed by atoms with Gasteiger partial charge in [-0.05, 0) is 31.0 Å². The molecule has 0 unspecified atom stereocenters. The first-order valence-electron chi connectivity index (χ1n) is 6.13. The van der Waals surface area contributed by atoms with E-state index in [9.17, 15) is 4.79 Å². The number of aromatic nitrogens is 1. The Labute approximate surface area is 104 Å². The molecular formula is C14H22N2O. The first kappa shape index (κ1) is 13.7. The minimum Gasteiger partial charge on any atom is -0.342 e. The summed E-state index contributed by atoms with van der Waals surface area (Å²) in [5, 5.41) is 0. The molecule has 0 aliphatic heterocycles. The lowest BCUT2D eigenvalue weighted by molar-refractivity contribution is -0.139. The molecule has 0 aliphatic carbocycles. The van der Waals surface area contributed by atoms with E-state index in [1.165, 1.54) is 5.56 Å². The molecule has 17 heavy (non-hydrogen) atoms. The molecule has 0 atom stereocenters. The quantitative estimate of drug-likeness (QED) is 0.802. The van der Waals surface area contributed by atoms with Crippen molar-refractivity contribution in [2.75, 3.05) is 13.1 Å². The van der Waals surface area contributed by atoms with E-state index >= 15 is 0 Å². The Hall–Kier alpha value is -1.38. The minimum absolute atomic E-state index is 0.217. The fourth-order valence-corrected chi connectivity index (χ4v) is 1.69. The van der Waals surface area contributed by atoms with Crippen molar-refractivity contribution in [3.8, 4) is 0 Å². The lowest BCUT2D eigenvalue weighted by Crippen LogP contribution is -2.40. The highest BCUT2D eigenvalue weighted by molar-refractivity contribution is 5.81. The van der Waals surface area contributed by atoms with Crippen LogP contribution in [-0.2, 0) is 11.2 Å². The fourth-order valence-electron chi connectivity index (χ4n) is 1.69. The fraction of sp³-hybridized carbons (Fsp3) is 0.571. The molecule has 0 N–H and O–H groups in total. The third kappa shape index (κ3) is 4.17. The number of amides is 1. The highest BCUT2D eigenvalue weighted by atomic mass is 16.2. The van der Waals surface area contributed by atoms with Crippen molar-refractivity contribution in [1.82, 2.24) is 9.88 Å². The number of rotatable bonds is 4. The molecule has 0 saturated heterocycles. The summed E-state index contributed by atoms with van der Waals surface area (Å²) in [6, 6.07) is 3.99. The number of hydrogen-bond donors (Lipinski definition) is 0. The zero-order chi connectivity index (χ0) is 12.9. The van der Waals surface area contributed by atoms with Crippen molar-refractivity contribution < 1.29 is 4.79 Å². The van der Waals surface area contributed by atoms with Crippen LogP contribution < -0.4 is 0 Å². The van der Waals surface area contributed by atoms with E-state index < -0.39 is 0 Å². The van der Waals surface area contributed by atoms with Crippen LogP contribution in [0.15, 0.2) is 24.5 Å². The molecule has 0 fully saturated rings. The van der Waals surface area contributed by atoms with Gasteiger partial charge in [0.05, 0.1) is 0 Å². The maximum absolute atomic E-state index is 12.1. The Bertz CT molecular complexity index is 354. The van der Waals surface area contributed by atoms with E-state index in [0.717, 1.165) is 19.5 Å². The van der Waals surface area contributed by atoms with Crippen LogP contribution in [0.4, 0.5) is 0 Å². The molecule has 1 amide bonds. The van der Waals surface area contributed by atoms with Gasteiger partial charge in [-0.1, -0.05) is 20.8 Å². The number of hydrogen-bond acceptors (Lipinski definition) is 2. The zero-order valence-electron chi connectivity index (χ0n) is 11.2. The third-order valence-electron chi connectivity index (χ3n) is 2.73. The standard InChI is InChI=1S/C14H22N2O/c1-5-16(13(17)14(2,3)4)11-8-12-6-9-15-10-7-12/h6-7,9-10H,5,8,11H2,1-4H3. The summed E-state index contributed by atoms with van der Waals surface area (Å²) >= 11 is 0. The number of likely N-dealkylation sites (N-methyl/N-ethyl adjacent to an activating group) is 1. The van der Waals surface area contributed by atoms with Gasteiger partial charge in [-0.3, -0.25) is 9.78 Å². The van der Waals surface area contributed by atoms with Crippen molar-refractivity contribution in [3.63, 3.8) is 0 Å². The molecule has 0 saturated carbocycles. The molecule has 0 radical (unpaired) electrons. The average molecular weight is 234 g/mol. The number of carbonyl (C=O) groups is 1. The first-order chi connectivity index (χ1) is 7.95. The summed E-state index contributed by atoms with van der Waals surface area (Å²) in [5.74, 6) is 0.217. The smallest absolute Gasteiger partial charge is 0.227 e. The van der Waals surface area contributed by atoms with Gasteiger partial charge in [-0.25, -0.2) is 0 Å². The van der Waals surface area contributed by atoms with Gasteiger partial charge >= 0.3 is 0 Å². The Morgan fingerprint density at radius 1 is 1.29 bits per heavy atom. The Morgan fingerprint density at radius 2 is 1.88 bits per heavy atom. The summed E-state index contributed by atoms with van der Waals surface area (Å²) in [7, 11) is 0. The van der Waals surface area contributed by atoms with E-state index in [-0.39, 0.29) is 11.3 Å². The zero-order valence-corrected chi connectivity index (χ0v) is 11.2. The van der Waals surface area contributed by atoms with Gasteiger partial charge < -0.3 is 4.90 Å². The molecule has 1 heterocycles. The van der Waals surface area contributed by atoms with Crippen molar-refractivity contribution >= 4 is 5.91 Å². The Kier molecular flexibility index (Phi) is 4.67. The second-order valence-electron chi connectivity index (χ2n) is 5.24. The van der Waals surface area contributed by atoms with E-state index in [1.54, 1.807) is 12.4 Å². The Morgan fingerprint density at radius 3 is 2.35 bits per heavy atom. The van der Waals surface area contributed by atoms with Gasteiger partial charge in [0.1, 0.15) is 0 Å². The average Bonchev–Trinajstić information content (AvgIpc) is 2.30. The second kappa shape index (κ2) is 5.80. The van der Waals surface area contributed by atoms with Crippen molar-refractivity contribution in [2.24, 2.45) is 5.41 Å². The summed E-state index contributed by atoms with van der Waals surface area (Å²) in [6.45, 7) is 9.45. The van der Waals surface area contributed by atoms with Gasteiger partial charge in [0, 0.05) is 30.9 Å². The van der Waals surface area contributed by atoms with Crippen molar-refractivity contribution in [3.05, 3.63) is 30.1 Å². The Balaban J connectivity index is 2.57. The molecule has 0 spiro atoms. The SMILES string of the molecule is CCN(CCc1ccncc1)C(=O)C(C)(C)C. The first-order valence-corrected chi connectivity index (χ1v) is 6.13. The summed E-state index contributed by atoms with van der Waals surface area (Å²) in [4.78, 5) is 18.0. The van der Waals surface area contributed by atoms with Crippen LogP contribution in [0.1, 0.15) is 33.3 Å². The van der Waals surface area contributed by atoms with Crippen molar-refractivity contribution in [2.45, 2.75) is 34.1 Å². The van der Waals surface area contributed by atoms with Crippen LogP contribution in [0.3, 0.4) is 0 Å². The van der Waals surface area contributed by atoms with E-state index in [2.05, 4.69) is 4.98 Å². The van der Waals surface area contributed by atoms with Crippen LogP contribution in [0.2, 0.25) is 0 Å². The topological polar surface area (TPSA) is 33.2 Å². The van der Waals surface area contributed by atoms with Gasteiger partial charge in [0.15, 0.2) is 0 Å². The highest BCUT2D eigenvalue weighted by Crippen LogP contribution is 2.17. The summed E-state index contributed by atoms with van der Waals surface area (Å²) in [6.07, 6.45) is 4.46.